The van der Waals surface area contributed by atoms with E-state index in [1.807, 2.05) is 13.8 Å². The van der Waals surface area contributed by atoms with Gasteiger partial charge >= 0.3 is 0 Å². The molecule has 0 radical (unpaired) electrons. The van der Waals surface area contributed by atoms with Crippen molar-refractivity contribution in [2.75, 3.05) is 0 Å². The van der Waals surface area contributed by atoms with Crippen LogP contribution in [0.15, 0.2) is 11.1 Å². The Morgan fingerprint density at radius 3 is 2.50 bits per heavy atom. The Morgan fingerprint density at radius 1 is 1.57 bits per heavy atom. The second kappa shape index (κ2) is 4.24. The number of ether oxygens (including phenoxy) is 1. The molecule has 1 rings (SSSR count). The molecule has 1 saturated heterocycles. The maximum Gasteiger partial charge on any atom is 0.107 e. The highest BCUT2D eigenvalue weighted by Gasteiger charge is 2.46. The van der Waals surface area contributed by atoms with E-state index in [2.05, 4.69) is 31.9 Å². The Bertz CT molecular complexity index is 236. The predicted molar refractivity (Wildman–Crippen MR) is 65.0 cm³/mol. The van der Waals surface area contributed by atoms with Crippen molar-refractivity contribution in [1.82, 2.24) is 0 Å². The van der Waals surface area contributed by atoms with Crippen molar-refractivity contribution in [2.24, 2.45) is 0 Å². The molecule has 82 valence electrons. The number of hydrogen-bond donors (Lipinski definition) is 1. The minimum Gasteiger partial charge on any atom is -0.383 e. The van der Waals surface area contributed by atoms with Crippen molar-refractivity contribution in [1.29, 1.82) is 0 Å². The maximum absolute atomic E-state index is 10.1. The summed E-state index contributed by atoms with van der Waals surface area (Å²) in [7, 11) is 0. The summed E-state index contributed by atoms with van der Waals surface area (Å²) in [6.45, 7) is 5.82. The summed E-state index contributed by atoms with van der Waals surface area (Å²) in [5.41, 5.74) is -1.13. The van der Waals surface area contributed by atoms with Crippen LogP contribution in [0.3, 0.4) is 0 Å². The summed E-state index contributed by atoms with van der Waals surface area (Å²) in [5, 5.41) is 10.1. The van der Waals surface area contributed by atoms with Crippen LogP contribution in [0.5, 0.6) is 0 Å². The minimum atomic E-state index is -0.913. The molecule has 1 aliphatic heterocycles. The van der Waals surface area contributed by atoms with Gasteiger partial charge in [0.05, 0.1) is 11.7 Å². The molecule has 4 heteroatoms. The first kappa shape index (κ1) is 12.7. The van der Waals surface area contributed by atoms with Gasteiger partial charge < -0.3 is 9.84 Å². The number of aliphatic hydroxyl groups is 1. The molecule has 0 bridgehead atoms. The highest BCUT2D eigenvalue weighted by molar-refractivity contribution is 9.11. The zero-order chi connectivity index (χ0) is 11.0. The Kier molecular flexibility index (Phi) is 3.84. The standard InChI is InChI=1S/C10H16Br2O2/c1-9(2)7(12)6-8(14-9)10(3,13)4-5-11/h4-5,7-8,13H,6H2,1-3H3/b5-4+/t7-,8-,10-/m0/s1. The van der Waals surface area contributed by atoms with Crippen LogP contribution in [0.4, 0.5) is 0 Å². The molecule has 1 aliphatic rings. The van der Waals surface area contributed by atoms with E-state index in [1.165, 1.54) is 0 Å². The van der Waals surface area contributed by atoms with Crippen molar-refractivity contribution in [3.8, 4) is 0 Å². The summed E-state index contributed by atoms with van der Waals surface area (Å²) >= 11 is 6.74. The first-order chi connectivity index (χ1) is 6.29. The second-order valence-electron chi connectivity index (χ2n) is 4.43. The van der Waals surface area contributed by atoms with Gasteiger partial charge in [-0.15, -0.1) is 0 Å². The summed E-state index contributed by atoms with van der Waals surface area (Å²) in [6, 6.07) is 0. The molecule has 1 N–H and O–H groups in total. The Labute approximate surface area is 102 Å². The van der Waals surface area contributed by atoms with E-state index in [4.69, 9.17) is 4.74 Å². The van der Waals surface area contributed by atoms with Gasteiger partial charge in [-0.1, -0.05) is 31.9 Å². The molecule has 0 amide bonds. The molecule has 0 saturated carbocycles. The van der Waals surface area contributed by atoms with Crippen LogP contribution in [-0.2, 0) is 4.74 Å². The summed E-state index contributed by atoms with van der Waals surface area (Å²) in [5.74, 6) is 0. The minimum absolute atomic E-state index is 0.157. The fourth-order valence-electron chi connectivity index (χ4n) is 1.55. The molecule has 14 heavy (non-hydrogen) atoms. The molecule has 0 aromatic rings. The molecule has 0 aromatic carbocycles. The van der Waals surface area contributed by atoms with Crippen LogP contribution in [0.2, 0.25) is 0 Å². The van der Waals surface area contributed by atoms with Gasteiger partial charge in [0.1, 0.15) is 5.60 Å². The monoisotopic (exact) mass is 326 g/mol. The van der Waals surface area contributed by atoms with Crippen LogP contribution in [0.1, 0.15) is 27.2 Å². The third-order valence-corrected chi connectivity index (χ3v) is 4.41. The molecule has 0 aliphatic carbocycles. The summed E-state index contributed by atoms with van der Waals surface area (Å²) < 4.78 is 5.81. The highest BCUT2D eigenvalue weighted by Crippen LogP contribution is 2.39. The van der Waals surface area contributed by atoms with Crippen LogP contribution >= 0.6 is 31.9 Å². The molecular formula is C10H16Br2O2. The van der Waals surface area contributed by atoms with Gasteiger partial charge in [0.2, 0.25) is 0 Å². The average Bonchev–Trinajstić information content (AvgIpc) is 2.27. The largest absolute Gasteiger partial charge is 0.383 e. The van der Waals surface area contributed by atoms with E-state index in [1.54, 1.807) is 18.0 Å². The normalized spacial score (nSPS) is 36.1. The lowest BCUT2D eigenvalue weighted by Gasteiger charge is -2.28. The van der Waals surface area contributed by atoms with Crippen molar-refractivity contribution in [2.45, 2.75) is 49.3 Å². The van der Waals surface area contributed by atoms with E-state index < -0.39 is 5.60 Å². The van der Waals surface area contributed by atoms with Gasteiger partial charge in [-0.3, -0.25) is 0 Å². The second-order valence-corrected chi connectivity index (χ2v) is 6.07. The molecule has 0 unspecified atom stereocenters. The Balaban J connectivity index is 2.75. The maximum atomic E-state index is 10.1. The highest BCUT2D eigenvalue weighted by atomic mass is 79.9. The van der Waals surface area contributed by atoms with Gasteiger partial charge in [0.25, 0.3) is 0 Å². The van der Waals surface area contributed by atoms with E-state index in [9.17, 15) is 5.11 Å². The zero-order valence-electron chi connectivity index (χ0n) is 8.63. The van der Waals surface area contributed by atoms with E-state index >= 15 is 0 Å². The fourth-order valence-corrected chi connectivity index (χ4v) is 2.54. The van der Waals surface area contributed by atoms with Crippen LogP contribution in [0.25, 0.3) is 0 Å². The van der Waals surface area contributed by atoms with Crippen molar-refractivity contribution < 1.29 is 9.84 Å². The number of halogens is 2. The Hall–Kier alpha value is 0.620. The third kappa shape index (κ3) is 2.60. The molecule has 3 atom stereocenters. The lowest BCUT2D eigenvalue weighted by molar-refractivity contribution is -0.0951. The molecule has 2 nitrogen and oxygen atoms in total. The van der Waals surface area contributed by atoms with Crippen LogP contribution in [0, 0.1) is 0 Å². The van der Waals surface area contributed by atoms with Crippen LogP contribution < -0.4 is 0 Å². The lowest BCUT2D eigenvalue weighted by atomic mass is 9.96. The summed E-state index contributed by atoms with van der Waals surface area (Å²) in [6.07, 6.45) is 2.37. The van der Waals surface area contributed by atoms with Crippen molar-refractivity contribution in [3.63, 3.8) is 0 Å². The average molecular weight is 328 g/mol. The SMILES string of the molecule is CC1(C)O[C@H]([C@@](C)(O)/C=C/Br)C[C@@H]1Br. The van der Waals surface area contributed by atoms with Crippen LogP contribution in [-0.4, -0.2) is 27.2 Å². The molecule has 1 heterocycles. The smallest absolute Gasteiger partial charge is 0.107 e. The Morgan fingerprint density at radius 2 is 2.14 bits per heavy atom. The van der Waals surface area contributed by atoms with Crippen molar-refractivity contribution in [3.05, 3.63) is 11.1 Å². The summed E-state index contributed by atoms with van der Waals surface area (Å²) in [4.78, 5) is 1.96. The number of hydrogen-bond acceptors (Lipinski definition) is 2. The molecule has 0 aromatic heterocycles. The van der Waals surface area contributed by atoms with Gasteiger partial charge in [0, 0.05) is 4.83 Å². The van der Waals surface area contributed by atoms with E-state index in [-0.39, 0.29) is 16.5 Å². The van der Waals surface area contributed by atoms with Gasteiger partial charge in [-0.2, -0.15) is 0 Å². The number of alkyl halides is 1. The third-order valence-electron chi connectivity index (χ3n) is 2.67. The van der Waals surface area contributed by atoms with Gasteiger partial charge in [-0.05, 0) is 38.3 Å². The first-order valence-corrected chi connectivity index (χ1v) is 6.45. The molecule has 1 fully saturated rings. The molecular weight excluding hydrogens is 312 g/mol. The van der Waals surface area contributed by atoms with E-state index in [0.29, 0.717) is 0 Å². The zero-order valence-corrected chi connectivity index (χ0v) is 11.8. The predicted octanol–water partition coefficient (Wildman–Crippen LogP) is 2.98. The first-order valence-electron chi connectivity index (χ1n) is 4.62. The fraction of sp³-hybridized carbons (Fsp3) is 0.800. The van der Waals surface area contributed by atoms with Crippen molar-refractivity contribution >= 4 is 31.9 Å². The quantitative estimate of drug-likeness (QED) is 0.790. The molecule has 0 spiro atoms. The number of rotatable bonds is 2. The van der Waals surface area contributed by atoms with Gasteiger partial charge in [0.15, 0.2) is 0 Å². The van der Waals surface area contributed by atoms with Gasteiger partial charge in [-0.25, -0.2) is 0 Å². The van der Waals surface area contributed by atoms with E-state index in [0.717, 1.165) is 6.42 Å². The topological polar surface area (TPSA) is 29.5 Å². The lowest BCUT2D eigenvalue weighted by Crippen LogP contribution is -2.38.